The summed E-state index contributed by atoms with van der Waals surface area (Å²) in [6.07, 6.45) is 5.20. The van der Waals surface area contributed by atoms with Crippen molar-refractivity contribution < 1.29 is 8.60 Å². The van der Waals surface area contributed by atoms with Crippen LogP contribution in [0, 0.1) is 5.82 Å². The lowest BCUT2D eigenvalue weighted by Crippen LogP contribution is -2.32. The summed E-state index contributed by atoms with van der Waals surface area (Å²) in [5, 5.41) is 5.79. The van der Waals surface area contributed by atoms with E-state index in [1.165, 1.54) is 40.7 Å². The van der Waals surface area contributed by atoms with Gasteiger partial charge in [-0.25, -0.2) is 8.60 Å². The molecular formula is C22H20FN3OS. The Hall–Kier alpha value is -2.44. The highest BCUT2D eigenvalue weighted by Gasteiger charge is 2.35. The average Bonchev–Trinajstić information content (AvgIpc) is 3.37. The molecule has 6 heteroatoms. The van der Waals surface area contributed by atoms with Crippen LogP contribution in [-0.4, -0.2) is 18.8 Å². The highest BCUT2D eigenvalue weighted by Crippen LogP contribution is 2.41. The lowest BCUT2D eigenvalue weighted by molar-refractivity contribution is 0.503. The van der Waals surface area contributed by atoms with Crippen molar-refractivity contribution in [1.82, 2.24) is 13.9 Å². The van der Waals surface area contributed by atoms with Crippen LogP contribution in [0.1, 0.15) is 30.1 Å². The summed E-state index contributed by atoms with van der Waals surface area (Å²) in [5.41, 5.74) is 4.60. The quantitative estimate of drug-likeness (QED) is 0.555. The first-order valence-corrected chi connectivity index (χ1v) is 10.8. The second kappa shape index (κ2) is 5.78. The second-order valence-electron chi connectivity index (χ2n) is 7.89. The average molecular weight is 393 g/mol. The van der Waals surface area contributed by atoms with Crippen molar-refractivity contribution in [2.75, 3.05) is 0 Å². The van der Waals surface area contributed by atoms with E-state index in [1.807, 2.05) is 12.1 Å². The summed E-state index contributed by atoms with van der Waals surface area (Å²) in [5.74, 6) is -0.320. The topological polar surface area (TPSA) is 39.0 Å². The van der Waals surface area contributed by atoms with E-state index in [-0.39, 0.29) is 5.82 Å². The first kappa shape index (κ1) is 16.5. The molecule has 0 amide bonds. The van der Waals surface area contributed by atoms with E-state index in [9.17, 15) is 8.60 Å². The van der Waals surface area contributed by atoms with Crippen molar-refractivity contribution in [3.8, 4) is 0 Å². The van der Waals surface area contributed by atoms with Crippen molar-refractivity contribution in [1.29, 1.82) is 0 Å². The minimum Gasteiger partial charge on any atom is -0.347 e. The van der Waals surface area contributed by atoms with Crippen LogP contribution >= 0.6 is 0 Å². The van der Waals surface area contributed by atoms with Crippen LogP contribution in [0.5, 0.6) is 0 Å². The number of hydrogen-bond acceptors (Lipinski definition) is 2. The zero-order valence-electron chi connectivity index (χ0n) is 15.5. The molecule has 2 aliphatic rings. The number of fused-ring (bicyclic) bond motifs is 7. The first-order chi connectivity index (χ1) is 13.6. The van der Waals surface area contributed by atoms with Crippen molar-refractivity contribution in [2.45, 2.75) is 36.2 Å². The minimum absolute atomic E-state index is 0.320. The van der Waals surface area contributed by atoms with Gasteiger partial charge < -0.3 is 9.88 Å². The predicted molar refractivity (Wildman–Crippen MR) is 109 cm³/mol. The summed E-state index contributed by atoms with van der Waals surface area (Å²) in [6.45, 7) is 0. The molecule has 28 heavy (non-hydrogen) atoms. The van der Waals surface area contributed by atoms with E-state index in [1.54, 1.807) is 16.2 Å². The zero-order valence-corrected chi connectivity index (χ0v) is 16.3. The van der Waals surface area contributed by atoms with Gasteiger partial charge in [-0.3, -0.25) is 3.97 Å². The fourth-order valence-electron chi connectivity index (χ4n) is 5.03. The summed E-state index contributed by atoms with van der Waals surface area (Å²) in [7, 11) is 0.701. The third-order valence-corrected chi connectivity index (χ3v) is 7.70. The molecule has 0 radical (unpaired) electrons. The lowest BCUT2D eigenvalue weighted by Gasteiger charge is -2.23. The summed E-state index contributed by atoms with van der Waals surface area (Å²) in [6, 6.07) is 13.5. The smallest absolute Gasteiger partial charge is 0.157 e. The standard InChI is InChI=1S/C22H20FN3OS/c1-25-19-7-5-16(12-17(19)22-18-6-4-15(24-18)11-21(22)25)28(27)26-9-8-13-2-3-14(23)10-20(13)26/h2-3,5,7-10,12,15,18,24H,4,6,11H2,1H3. The molecule has 3 unspecified atom stereocenters. The van der Waals surface area contributed by atoms with Gasteiger partial charge >= 0.3 is 0 Å². The second-order valence-corrected chi connectivity index (χ2v) is 9.25. The monoisotopic (exact) mass is 393 g/mol. The number of hydrogen-bond donors (Lipinski definition) is 1. The van der Waals surface area contributed by atoms with Crippen LogP contribution in [0.2, 0.25) is 0 Å². The Labute approximate surface area is 164 Å². The van der Waals surface area contributed by atoms with E-state index in [4.69, 9.17) is 0 Å². The molecule has 1 saturated heterocycles. The Kier molecular flexibility index (Phi) is 3.41. The van der Waals surface area contributed by atoms with Crippen LogP contribution in [0.3, 0.4) is 0 Å². The molecule has 0 aliphatic carbocycles. The van der Waals surface area contributed by atoms with Crippen LogP contribution in [0.15, 0.2) is 53.6 Å². The van der Waals surface area contributed by atoms with Gasteiger partial charge in [-0.05, 0) is 60.9 Å². The molecule has 4 aromatic rings. The fourth-order valence-corrected chi connectivity index (χ4v) is 6.16. The van der Waals surface area contributed by atoms with Crippen molar-refractivity contribution in [3.05, 3.63) is 65.7 Å². The maximum atomic E-state index is 13.7. The molecule has 3 atom stereocenters. The van der Waals surface area contributed by atoms with Gasteiger partial charge in [0.15, 0.2) is 11.0 Å². The number of benzene rings is 2. The Morgan fingerprint density at radius 2 is 2.00 bits per heavy atom. The van der Waals surface area contributed by atoms with Crippen LogP contribution in [-0.2, 0) is 24.5 Å². The third-order valence-electron chi connectivity index (χ3n) is 6.36. The van der Waals surface area contributed by atoms with Gasteiger partial charge in [0, 0.05) is 53.7 Å². The van der Waals surface area contributed by atoms with Gasteiger partial charge in [0.25, 0.3) is 0 Å². The molecule has 2 aromatic heterocycles. The summed E-state index contributed by atoms with van der Waals surface area (Å²) in [4.78, 5) is 0.739. The van der Waals surface area contributed by atoms with Crippen LogP contribution < -0.4 is 5.32 Å². The van der Waals surface area contributed by atoms with Gasteiger partial charge in [-0.2, -0.15) is 0 Å². The molecule has 2 aliphatic heterocycles. The number of aromatic nitrogens is 2. The fraction of sp³-hybridized carbons (Fsp3) is 0.273. The molecule has 1 fully saturated rings. The van der Waals surface area contributed by atoms with E-state index < -0.39 is 11.0 Å². The van der Waals surface area contributed by atoms with E-state index in [0.717, 1.165) is 23.1 Å². The highest BCUT2D eigenvalue weighted by atomic mass is 32.2. The van der Waals surface area contributed by atoms with Gasteiger partial charge in [0.2, 0.25) is 0 Å². The molecule has 0 spiro atoms. The van der Waals surface area contributed by atoms with Crippen molar-refractivity contribution in [3.63, 3.8) is 0 Å². The molecule has 2 bridgehead atoms. The normalized spacial score (nSPS) is 22.1. The summed E-state index contributed by atoms with van der Waals surface area (Å²) >= 11 is 0. The SMILES string of the molecule is Cn1c2c(c3cc(S(=O)n4ccc5ccc(F)cc54)ccc31)C1CCC(C2)N1. The zero-order chi connectivity index (χ0) is 19.0. The predicted octanol–water partition coefficient (Wildman–Crippen LogP) is 4.19. The minimum atomic E-state index is -1.43. The molecule has 0 saturated carbocycles. The maximum Gasteiger partial charge on any atom is 0.157 e. The van der Waals surface area contributed by atoms with Crippen molar-refractivity contribution in [2.24, 2.45) is 7.05 Å². The Balaban J connectivity index is 1.51. The number of nitrogens with one attached hydrogen (secondary N) is 1. The molecule has 2 aromatic carbocycles. The Bertz CT molecular complexity index is 1290. The Morgan fingerprint density at radius 3 is 2.89 bits per heavy atom. The maximum absolute atomic E-state index is 13.7. The summed E-state index contributed by atoms with van der Waals surface area (Å²) < 4.78 is 31.0. The molecule has 1 N–H and O–H groups in total. The van der Waals surface area contributed by atoms with Gasteiger partial charge in [0.1, 0.15) is 5.82 Å². The third kappa shape index (κ3) is 2.22. The van der Waals surface area contributed by atoms with Crippen LogP contribution in [0.25, 0.3) is 21.8 Å². The number of halogens is 1. The largest absolute Gasteiger partial charge is 0.347 e. The number of aryl methyl sites for hydroxylation is 1. The Morgan fingerprint density at radius 1 is 1.11 bits per heavy atom. The molecule has 6 rings (SSSR count). The van der Waals surface area contributed by atoms with Gasteiger partial charge in [-0.1, -0.05) is 0 Å². The first-order valence-electron chi connectivity index (χ1n) is 9.66. The van der Waals surface area contributed by atoms with Crippen LogP contribution in [0.4, 0.5) is 4.39 Å². The highest BCUT2D eigenvalue weighted by molar-refractivity contribution is 7.83. The number of rotatable bonds is 2. The molecule has 142 valence electrons. The van der Waals surface area contributed by atoms with E-state index >= 15 is 0 Å². The number of nitrogens with zero attached hydrogens (tertiary/aromatic N) is 2. The van der Waals surface area contributed by atoms with Crippen molar-refractivity contribution >= 4 is 32.8 Å². The van der Waals surface area contributed by atoms with Gasteiger partial charge in [-0.15, -0.1) is 0 Å². The molecule has 4 nitrogen and oxygen atoms in total. The van der Waals surface area contributed by atoms with E-state index in [0.29, 0.717) is 17.6 Å². The lowest BCUT2D eigenvalue weighted by atomic mass is 9.99. The van der Waals surface area contributed by atoms with Gasteiger partial charge in [0.05, 0.1) is 10.4 Å². The molecular weight excluding hydrogens is 373 g/mol. The molecule has 4 heterocycles. The van der Waals surface area contributed by atoms with E-state index in [2.05, 4.69) is 29.1 Å².